The molecule has 4 nitrogen and oxygen atoms in total. The van der Waals surface area contributed by atoms with Gasteiger partial charge >= 0.3 is 0 Å². The quantitative estimate of drug-likeness (QED) is 0.695. The SMILES string of the molecule is CCn1ccnc1C(=O)C(C)CN. The Morgan fingerprint density at radius 2 is 2.46 bits per heavy atom. The first-order valence-electron chi connectivity index (χ1n) is 4.46. The van der Waals surface area contributed by atoms with Gasteiger partial charge in [-0.1, -0.05) is 6.92 Å². The number of carbonyl (C=O) groups excluding carboxylic acids is 1. The summed E-state index contributed by atoms with van der Waals surface area (Å²) in [4.78, 5) is 15.7. The molecule has 13 heavy (non-hydrogen) atoms. The first-order chi connectivity index (χ1) is 6.20. The molecule has 2 N–H and O–H groups in total. The first kappa shape index (κ1) is 9.92. The molecule has 4 heteroatoms. The third kappa shape index (κ3) is 1.95. The van der Waals surface area contributed by atoms with Crippen LogP contribution in [0.5, 0.6) is 0 Å². The number of aromatic nitrogens is 2. The highest BCUT2D eigenvalue weighted by atomic mass is 16.1. The van der Waals surface area contributed by atoms with Gasteiger partial charge in [0.2, 0.25) is 5.78 Å². The maximum absolute atomic E-state index is 11.7. The zero-order valence-corrected chi connectivity index (χ0v) is 8.03. The van der Waals surface area contributed by atoms with Gasteiger partial charge in [0.25, 0.3) is 0 Å². The second kappa shape index (κ2) is 4.18. The first-order valence-corrected chi connectivity index (χ1v) is 4.46. The summed E-state index contributed by atoms with van der Waals surface area (Å²) in [6.45, 7) is 4.93. The van der Waals surface area contributed by atoms with E-state index in [4.69, 9.17) is 5.73 Å². The van der Waals surface area contributed by atoms with Crippen LogP contribution in [-0.4, -0.2) is 21.9 Å². The number of hydrogen-bond acceptors (Lipinski definition) is 3. The van der Waals surface area contributed by atoms with Crippen LogP contribution in [0.25, 0.3) is 0 Å². The Morgan fingerprint density at radius 3 is 3.00 bits per heavy atom. The van der Waals surface area contributed by atoms with Gasteiger partial charge in [0.05, 0.1) is 0 Å². The van der Waals surface area contributed by atoms with Crippen LogP contribution in [0.3, 0.4) is 0 Å². The monoisotopic (exact) mass is 181 g/mol. The van der Waals surface area contributed by atoms with E-state index in [1.54, 1.807) is 12.4 Å². The summed E-state index contributed by atoms with van der Waals surface area (Å²) < 4.78 is 1.83. The molecule has 0 bridgehead atoms. The van der Waals surface area contributed by atoms with Crippen molar-refractivity contribution in [3.05, 3.63) is 18.2 Å². The third-order valence-corrected chi connectivity index (χ3v) is 2.08. The normalized spacial score (nSPS) is 12.8. The number of hydrogen-bond donors (Lipinski definition) is 1. The van der Waals surface area contributed by atoms with Crippen molar-refractivity contribution in [2.24, 2.45) is 11.7 Å². The van der Waals surface area contributed by atoms with Crippen molar-refractivity contribution in [1.29, 1.82) is 0 Å². The lowest BCUT2D eigenvalue weighted by molar-refractivity contribution is 0.0919. The second-order valence-corrected chi connectivity index (χ2v) is 3.04. The van der Waals surface area contributed by atoms with Crippen LogP contribution in [0, 0.1) is 5.92 Å². The Hall–Kier alpha value is -1.16. The van der Waals surface area contributed by atoms with Crippen LogP contribution in [0.15, 0.2) is 12.4 Å². The number of Topliss-reactive ketones (excluding diaryl/α,β-unsaturated/α-hetero) is 1. The predicted octanol–water partition coefficient (Wildman–Crippen LogP) is 0.680. The van der Waals surface area contributed by atoms with Crippen LogP contribution < -0.4 is 5.73 Å². The van der Waals surface area contributed by atoms with Crippen molar-refractivity contribution in [1.82, 2.24) is 9.55 Å². The topological polar surface area (TPSA) is 60.9 Å². The van der Waals surface area contributed by atoms with E-state index in [9.17, 15) is 4.79 Å². The molecule has 0 aliphatic rings. The largest absolute Gasteiger partial charge is 0.330 e. The maximum Gasteiger partial charge on any atom is 0.202 e. The van der Waals surface area contributed by atoms with Gasteiger partial charge in [-0.15, -0.1) is 0 Å². The average Bonchev–Trinajstić information content (AvgIpc) is 2.62. The van der Waals surface area contributed by atoms with Crippen LogP contribution >= 0.6 is 0 Å². The summed E-state index contributed by atoms with van der Waals surface area (Å²) in [6, 6.07) is 0. The van der Waals surface area contributed by atoms with Crippen LogP contribution in [0.1, 0.15) is 24.5 Å². The number of aryl methyl sites for hydroxylation is 1. The number of ketones is 1. The highest BCUT2D eigenvalue weighted by molar-refractivity contribution is 5.94. The second-order valence-electron chi connectivity index (χ2n) is 3.04. The number of carbonyl (C=O) groups is 1. The molecule has 0 aliphatic heterocycles. The molecule has 0 aromatic carbocycles. The summed E-state index contributed by atoms with van der Waals surface area (Å²) in [5, 5.41) is 0. The molecule has 1 heterocycles. The van der Waals surface area contributed by atoms with Gasteiger partial charge in [-0.3, -0.25) is 4.79 Å². The van der Waals surface area contributed by atoms with Crippen molar-refractivity contribution in [2.75, 3.05) is 6.54 Å². The van der Waals surface area contributed by atoms with Crippen LogP contribution in [0.4, 0.5) is 0 Å². The van der Waals surface area contributed by atoms with Crippen molar-refractivity contribution >= 4 is 5.78 Å². The lowest BCUT2D eigenvalue weighted by atomic mass is 10.1. The summed E-state index contributed by atoms with van der Waals surface area (Å²) in [5.41, 5.74) is 5.41. The standard InChI is InChI=1S/C9H15N3O/c1-3-12-5-4-11-9(12)8(13)7(2)6-10/h4-5,7H,3,6,10H2,1-2H3. The fourth-order valence-electron chi connectivity index (χ4n) is 1.12. The molecule has 1 aromatic heterocycles. The van der Waals surface area contributed by atoms with Gasteiger partial charge in [0.1, 0.15) is 0 Å². The molecule has 1 unspecified atom stereocenters. The molecule has 0 fully saturated rings. The molecule has 1 rings (SSSR count). The minimum absolute atomic E-state index is 0.0225. The van der Waals surface area contributed by atoms with E-state index in [1.807, 2.05) is 18.4 Å². The average molecular weight is 181 g/mol. The highest BCUT2D eigenvalue weighted by Crippen LogP contribution is 2.05. The number of nitrogens with two attached hydrogens (primary N) is 1. The third-order valence-electron chi connectivity index (χ3n) is 2.08. The van der Waals surface area contributed by atoms with Crippen LogP contribution in [0.2, 0.25) is 0 Å². The van der Waals surface area contributed by atoms with Gasteiger partial charge in [-0.05, 0) is 6.92 Å². The van der Waals surface area contributed by atoms with E-state index < -0.39 is 0 Å². The van der Waals surface area contributed by atoms with E-state index in [-0.39, 0.29) is 11.7 Å². The smallest absolute Gasteiger partial charge is 0.202 e. The molecule has 0 saturated carbocycles. The zero-order chi connectivity index (χ0) is 9.84. The lowest BCUT2D eigenvalue weighted by Gasteiger charge is -2.07. The van der Waals surface area contributed by atoms with Crippen molar-refractivity contribution in [2.45, 2.75) is 20.4 Å². The summed E-state index contributed by atoms with van der Waals surface area (Å²) >= 11 is 0. The van der Waals surface area contributed by atoms with Crippen molar-refractivity contribution in [3.8, 4) is 0 Å². The maximum atomic E-state index is 11.7. The Kier molecular flexibility index (Phi) is 3.19. The van der Waals surface area contributed by atoms with E-state index in [2.05, 4.69) is 4.98 Å². The fourth-order valence-corrected chi connectivity index (χ4v) is 1.12. The summed E-state index contributed by atoms with van der Waals surface area (Å²) in [6.07, 6.45) is 3.44. The van der Waals surface area contributed by atoms with Gasteiger partial charge in [-0.25, -0.2) is 4.98 Å². The van der Waals surface area contributed by atoms with Gasteiger partial charge in [0, 0.05) is 31.4 Å². The van der Waals surface area contributed by atoms with Gasteiger partial charge < -0.3 is 10.3 Å². The Morgan fingerprint density at radius 1 is 1.77 bits per heavy atom. The molecule has 1 aromatic rings. The van der Waals surface area contributed by atoms with Gasteiger partial charge in [-0.2, -0.15) is 0 Å². The molecule has 72 valence electrons. The van der Waals surface area contributed by atoms with Crippen molar-refractivity contribution < 1.29 is 4.79 Å². The summed E-state index contributed by atoms with van der Waals surface area (Å²) in [5.74, 6) is 0.391. The molecule has 0 spiro atoms. The molecule has 0 saturated heterocycles. The van der Waals surface area contributed by atoms with E-state index in [0.29, 0.717) is 12.4 Å². The number of imidazole rings is 1. The predicted molar refractivity (Wildman–Crippen MR) is 50.4 cm³/mol. The van der Waals surface area contributed by atoms with Crippen molar-refractivity contribution in [3.63, 3.8) is 0 Å². The number of nitrogens with zero attached hydrogens (tertiary/aromatic N) is 2. The van der Waals surface area contributed by atoms with Crippen LogP contribution in [-0.2, 0) is 6.54 Å². The fraction of sp³-hybridized carbons (Fsp3) is 0.556. The minimum atomic E-state index is -0.146. The minimum Gasteiger partial charge on any atom is -0.330 e. The number of rotatable bonds is 4. The summed E-state index contributed by atoms with van der Waals surface area (Å²) in [7, 11) is 0. The molecule has 0 amide bonds. The van der Waals surface area contributed by atoms with E-state index in [1.165, 1.54) is 0 Å². The zero-order valence-electron chi connectivity index (χ0n) is 8.03. The van der Waals surface area contributed by atoms with Gasteiger partial charge in [0.15, 0.2) is 5.82 Å². The Labute approximate surface area is 77.8 Å². The molecule has 0 radical (unpaired) electrons. The molecular weight excluding hydrogens is 166 g/mol. The molecule has 1 atom stereocenters. The molecule has 0 aliphatic carbocycles. The van der Waals surface area contributed by atoms with E-state index in [0.717, 1.165) is 6.54 Å². The lowest BCUT2D eigenvalue weighted by Crippen LogP contribution is -2.23. The Balaban J connectivity index is 2.88. The highest BCUT2D eigenvalue weighted by Gasteiger charge is 2.17. The Bertz CT molecular complexity index is 293. The molecular formula is C9H15N3O. The van der Waals surface area contributed by atoms with E-state index >= 15 is 0 Å².